The molecular weight excluding hydrogens is 396 g/mol. The summed E-state index contributed by atoms with van der Waals surface area (Å²) >= 11 is 0. The zero-order chi connectivity index (χ0) is 21.8. The van der Waals surface area contributed by atoms with Gasteiger partial charge in [0.05, 0.1) is 19.6 Å². The molecule has 0 unspecified atom stereocenters. The van der Waals surface area contributed by atoms with Crippen LogP contribution in [0.25, 0.3) is 17.3 Å². The van der Waals surface area contributed by atoms with Crippen LogP contribution in [-0.4, -0.2) is 29.0 Å². The highest BCUT2D eigenvalue weighted by atomic mass is 16.5. The first-order valence-electron chi connectivity index (χ1n) is 9.87. The second-order valence-electron chi connectivity index (χ2n) is 7.13. The van der Waals surface area contributed by atoms with Gasteiger partial charge in [-0.25, -0.2) is 0 Å². The van der Waals surface area contributed by atoms with Crippen LogP contribution in [0.1, 0.15) is 36.3 Å². The summed E-state index contributed by atoms with van der Waals surface area (Å²) in [6.07, 6.45) is 3.61. The summed E-state index contributed by atoms with van der Waals surface area (Å²) in [5.41, 5.74) is 3.27. The SMILES string of the molecule is COc1ccccc1-c1cc(COC(=O)C[C@H]2c3ccccc3C=CN2C(C)=O)on1. The number of amides is 1. The number of esters is 1. The number of fused-ring (bicyclic) bond motifs is 1. The minimum Gasteiger partial charge on any atom is -0.496 e. The molecule has 4 rings (SSSR count). The minimum absolute atomic E-state index is 0.0361. The maximum atomic E-state index is 12.6. The van der Waals surface area contributed by atoms with E-state index in [1.807, 2.05) is 54.6 Å². The third-order valence-corrected chi connectivity index (χ3v) is 5.15. The van der Waals surface area contributed by atoms with Crippen LogP contribution in [0.4, 0.5) is 0 Å². The molecule has 2 heterocycles. The number of carbonyl (C=O) groups excluding carboxylic acids is 2. The van der Waals surface area contributed by atoms with Gasteiger partial charge in [-0.05, 0) is 29.3 Å². The number of methoxy groups -OCH3 is 1. The summed E-state index contributed by atoms with van der Waals surface area (Å²) in [5.74, 6) is 0.520. The van der Waals surface area contributed by atoms with Crippen molar-refractivity contribution < 1.29 is 23.6 Å². The summed E-state index contributed by atoms with van der Waals surface area (Å²) in [6.45, 7) is 1.43. The Labute approximate surface area is 179 Å². The molecule has 1 atom stereocenters. The zero-order valence-electron chi connectivity index (χ0n) is 17.3. The van der Waals surface area contributed by atoms with Gasteiger partial charge in [0.1, 0.15) is 11.4 Å². The zero-order valence-corrected chi connectivity index (χ0v) is 17.3. The lowest BCUT2D eigenvalue weighted by Gasteiger charge is -2.32. The number of hydrogen-bond donors (Lipinski definition) is 0. The van der Waals surface area contributed by atoms with Crippen LogP contribution in [0, 0.1) is 0 Å². The molecule has 0 spiro atoms. The largest absolute Gasteiger partial charge is 0.496 e. The molecule has 1 aliphatic heterocycles. The molecule has 3 aromatic rings. The topological polar surface area (TPSA) is 81.9 Å². The van der Waals surface area contributed by atoms with E-state index in [4.69, 9.17) is 14.0 Å². The molecular formula is C24H22N2O5. The normalized spacial score (nSPS) is 14.8. The van der Waals surface area contributed by atoms with Crippen LogP contribution in [0.2, 0.25) is 0 Å². The summed E-state index contributed by atoms with van der Waals surface area (Å²) in [5, 5.41) is 4.05. The van der Waals surface area contributed by atoms with E-state index in [9.17, 15) is 9.59 Å². The fourth-order valence-electron chi connectivity index (χ4n) is 3.65. The lowest BCUT2D eigenvalue weighted by Crippen LogP contribution is -2.32. The van der Waals surface area contributed by atoms with Crippen molar-refractivity contribution in [1.82, 2.24) is 10.1 Å². The van der Waals surface area contributed by atoms with Crippen molar-refractivity contribution in [2.45, 2.75) is 26.0 Å². The maximum absolute atomic E-state index is 12.6. The molecule has 0 fully saturated rings. The van der Waals surface area contributed by atoms with Crippen LogP contribution in [-0.2, 0) is 20.9 Å². The average Bonchev–Trinajstić information content (AvgIpc) is 3.26. The van der Waals surface area contributed by atoms with E-state index in [0.29, 0.717) is 17.2 Å². The molecule has 31 heavy (non-hydrogen) atoms. The number of hydrogen-bond acceptors (Lipinski definition) is 6. The van der Waals surface area contributed by atoms with Crippen LogP contribution < -0.4 is 4.74 Å². The number of para-hydroxylation sites is 1. The summed E-state index contributed by atoms with van der Waals surface area (Å²) in [6, 6.07) is 16.4. The summed E-state index contributed by atoms with van der Waals surface area (Å²) in [7, 11) is 1.59. The van der Waals surface area contributed by atoms with Gasteiger partial charge >= 0.3 is 5.97 Å². The Morgan fingerprint density at radius 2 is 1.90 bits per heavy atom. The van der Waals surface area contributed by atoms with E-state index in [-0.39, 0.29) is 18.9 Å². The molecule has 0 radical (unpaired) electrons. The third kappa shape index (κ3) is 4.35. The molecule has 0 bridgehead atoms. The molecule has 0 aliphatic carbocycles. The number of rotatable bonds is 6. The van der Waals surface area contributed by atoms with Crippen LogP contribution in [0.5, 0.6) is 5.75 Å². The van der Waals surface area contributed by atoms with Crippen LogP contribution in [0.3, 0.4) is 0 Å². The van der Waals surface area contributed by atoms with Gasteiger partial charge in [0.2, 0.25) is 5.91 Å². The van der Waals surface area contributed by atoms with E-state index >= 15 is 0 Å². The molecule has 158 valence electrons. The summed E-state index contributed by atoms with van der Waals surface area (Å²) in [4.78, 5) is 26.2. The van der Waals surface area contributed by atoms with Crippen molar-refractivity contribution in [3.05, 3.63) is 77.7 Å². The van der Waals surface area contributed by atoms with E-state index in [1.54, 1.807) is 24.3 Å². The maximum Gasteiger partial charge on any atom is 0.308 e. The monoisotopic (exact) mass is 418 g/mol. The van der Waals surface area contributed by atoms with Crippen LogP contribution >= 0.6 is 0 Å². The lowest BCUT2D eigenvalue weighted by atomic mass is 9.94. The highest BCUT2D eigenvalue weighted by molar-refractivity contribution is 5.80. The van der Waals surface area contributed by atoms with Gasteiger partial charge in [-0.15, -0.1) is 0 Å². The molecule has 1 aliphatic rings. The number of nitrogens with zero attached hydrogens (tertiary/aromatic N) is 2. The second kappa shape index (κ2) is 8.87. The van der Waals surface area contributed by atoms with Gasteiger partial charge in [-0.2, -0.15) is 0 Å². The van der Waals surface area contributed by atoms with E-state index < -0.39 is 12.0 Å². The van der Waals surface area contributed by atoms with Crippen molar-refractivity contribution in [1.29, 1.82) is 0 Å². The smallest absolute Gasteiger partial charge is 0.308 e. The Bertz CT molecular complexity index is 1130. The number of ether oxygens (including phenoxy) is 2. The summed E-state index contributed by atoms with van der Waals surface area (Å²) < 4.78 is 16.1. The Balaban J connectivity index is 1.43. The van der Waals surface area contributed by atoms with Gasteiger partial charge in [-0.1, -0.05) is 41.6 Å². The Morgan fingerprint density at radius 3 is 2.71 bits per heavy atom. The molecule has 0 saturated carbocycles. The first-order valence-corrected chi connectivity index (χ1v) is 9.87. The van der Waals surface area contributed by atoms with E-state index in [2.05, 4.69) is 5.16 Å². The fourth-order valence-corrected chi connectivity index (χ4v) is 3.65. The number of carbonyl (C=O) groups is 2. The third-order valence-electron chi connectivity index (χ3n) is 5.15. The number of benzene rings is 2. The number of aromatic nitrogens is 1. The minimum atomic E-state index is -0.434. The fraction of sp³-hybridized carbons (Fsp3) is 0.208. The highest BCUT2D eigenvalue weighted by Crippen LogP contribution is 2.33. The van der Waals surface area contributed by atoms with Crippen molar-refractivity contribution in [3.63, 3.8) is 0 Å². The van der Waals surface area contributed by atoms with Crippen LogP contribution in [0.15, 0.2) is 65.3 Å². The van der Waals surface area contributed by atoms with E-state index in [1.165, 1.54) is 6.92 Å². The molecule has 7 heteroatoms. The molecule has 0 N–H and O–H groups in total. The first kappa shape index (κ1) is 20.4. The van der Waals surface area contributed by atoms with Gasteiger partial charge in [-0.3, -0.25) is 9.59 Å². The Morgan fingerprint density at radius 1 is 1.13 bits per heavy atom. The molecule has 2 aromatic carbocycles. The van der Waals surface area contributed by atoms with Gasteiger partial charge in [0.25, 0.3) is 0 Å². The Hall–Kier alpha value is -3.87. The molecule has 7 nitrogen and oxygen atoms in total. The highest BCUT2D eigenvalue weighted by Gasteiger charge is 2.28. The Kier molecular flexibility index (Phi) is 5.84. The first-order chi connectivity index (χ1) is 15.1. The second-order valence-corrected chi connectivity index (χ2v) is 7.13. The van der Waals surface area contributed by atoms with Gasteiger partial charge < -0.3 is 18.9 Å². The average molecular weight is 418 g/mol. The molecule has 0 saturated heterocycles. The van der Waals surface area contributed by atoms with Crippen molar-refractivity contribution in [3.8, 4) is 17.0 Å². The van der Waals surface area contributed by atoms with Crippen molar-refractivity contribution >= 4 is 18.0 Å². The van der Waals surface area contributed by atoms with Crippen molar-refractivity contribution in [2.24, 2.45) is 0 Å². The predicted molar refractivity (Wildman–Crippen MR) is 114 cm³/mol. The van der Waals surface area contributed by atoms with Crippen molar-refractivity contribution in [2.75, 3.05) is 7.11 Å². The molecule has 1 aromatic heterocycles. The predicted octanol–water partition coefficient (Wildman–Crippen LogP) is 4.36. The quantitative estimate of drug-likeness (QED) is 0.554. The van der Waals surface area contributed by atoms with Gasteiger partial charge in [0.15, 0.2) is 12.4 Å². The molecule has 1 amide bonds. The van der Waals surface area contributed by atoms with Gasteiger partial charge in [0, 0.05) is 24.8 Å². The standard InChI is InChI=1S/C24H22N2O5/c1-16(27)26-12-11-17-7-3-4-8-19(17)22(26)14-24(28)30-15-18-13-21(25-31-18)20-9-5-6-10-23(20)29-2/h3-13,22H,14-15H2,1-2H3/t22-/m0/s1. The van der Waals surface area contributed by atoms with E-state index in [0.717, 1.165) is 16.7 Å². The lowest BCUT2D eigenvalue weighted by molar-refractivity contribution is -0.147.